The Hall–Kier alpha value is -2.40. The predicted octanol–water partition coefficient (Wildman–Crippen LogP) is 6.76. The van der Waals surface area contributed by atoms with Gasteiger partial charge in [-0.05, 0) is 79.2 Å². The normalized spacial score (nSPS) is 20.5. The van der Waals surface area contributed by atoms with Crippen molar-refractivity contribution in [3.05, 3.63) is 72.1 Å². The summed E-state index contributed by atoms with van der Waals surface area (Å²) < 4.78 is 12.0. The third-order valence-electron chi connectivity index (χ3n) is 5.41. The Kier molecular flexibility index (Phi) is 6.01. The maximum absolute atomic E-state index is 12.0. The van der Waals surface area contributed by atoms with Crippen molar-refractivity contribution < 1.29 is 4.39 Å². The number of nitriles is 1. The van der Waals surface area contributed by atoms with Crippen LogP contribution in [0.25, 0.3) is 11.1 Å². The van der Waals surface area contributed by atoms with Crippen molar-refractivity contribution in [1.29, 1.82) is 5.26 Å². The molecule has 0 aromatic heterocycles. The van der Waals surface area contributed by atoms with Crippen LogP contribution in [0.15, 0.2) is 60.9 Å². The van der Waals surface area contributed by atoms with E-state index in [0.29, 0.717) is 17.8 Å². The van der Waals surface area contributed by atoms with E-state index in [0.717, 1.165) is 24.3 Å². The first-order valence-electron chi connectivity index (χ1n) is 9.16. The summed E-state index contributed by atoms with van der Waals surface area (Å²) in [4.78, 5) is 0. The van der Waals surface area contributed by atoms with Crippen LogP contribution in [0.2, 0.25) is 0 Å². The van der Waals surface area contributed by atoms with Gasteiger partial charge in [-0.2, -0.15) is 5.26 Å². The van der Waals surface area contributed by atoms with Crippen molar-refractivity contribution in [2.24, 2.45) is 5.92 Å². The van der Waals surface area contributed by atoms with Gasteiger partial charge in [-0.15, -0.1) is 0 Å². The fourth-order valence-corrected chi connectivity index (χ4v) is 3.86. The number of benzene rings is 2. The standard InChI is InChI=1S/C23H24FN/c24-16-2-1-3-18-4-8-20(9-5-18)22-12-14-23(15-13-22)21-10-6-19(17-25)7-11-21/h2,6-7,10-16,18,20H,1,3-5,8-9H2. The minimum absolute atomic E-state index is 0.656. The summed E-state index contributed by atoms with van der Waals surface area (Å²) in [6, 6.07) is 18.8. The molecule has 1 aliphatic rings. The second-order valence-corrected chi connectivity index (χ2v) is 6.97. The summed E-state index contributed by atoms with van der Waals surface area (Å²) in [6.07, 6.45) is 9.26. The second kappa shape index (κ2) is 8.62. The fraction of sp³-hybridized carbons (Fsp3) is 0.348. The minimum atomic E-state index is 0.656. The molecule has 0 bridgehead atoms. The summed E-state index contributed by atoms with van der Waals surface area (Å²) in [5.74, 6) is 1.41. The van der Waals surface area contributed by atoms with Gasteiger partial charge in [0.15, 0.2) is 0 Å². The molecule has 1 nitrogen and oxygen atoms in total. The monoisotopic (exact) mass is 333 g/mol. The summed E-state index contributed by atoms with van der Waals surface area (Å²) >= 11 is 0. The Morgan fingerprint density at radius 1 is 0.920 bits per heavy atom. The van der Waals surface area contributed by atoms with E-state index in [1.54, 1.807) is 6.08 Å². The summed E-state index contributed by atoms with van der Waals surface area (Å²) in [7, 11) is 0. The first-order chi connectivity index (χ1) is 12.3. The van der Waals surface area contributed by atoms with Crippen LogP contribution in [0.5, 0.6) is 0 Å². The Morgan fingerprint density at radius 3 is 2.08 bits per heavy atom. The van der Waals surface area contributed by atoms with Crippen molar-refractivity contribution in [1.82, 2.24) is 0 Å². The highest BCUT2D eigenvalue weighted by atomic mass is 19.1. The van der Waals surface area contributed by atoms with Crippen molar-refractivity contribution in [3.8, 4) is 17.2 Å². The van der Waals surface area contributed by atoms with Crippen molar-refractivity contribution in [2.45, 2.75) is 44.4 Å². The van der Waals surface area contributed by atoms with Gasteiger partial charge in [0.1, 0.15) is 0 Å². The minimum Gasteiger partial charge on any atom is -0.216 e. The highest BCUT2D eigenvalue weighted by Gasteiger charge is 2.21. The lowest BCUT2D eigenvalue weighted by Gasteiger charge is -2.28. The largest absolute Gasteiger partial charge is 0.216 e. The van der Waals surface area contributed by atoms with E-state index in [1.165, 1.54) is 36.8 Å². The molecule has 0 amide bonds. The van der Waals surface area contributed by atoms with E-state index < -0.39 is 0 Å². The Balaban J connectivity index is 1.58. The fourth-order valence-electron chi connectivity index (χ4n) is 3.86. The molecule has 0 saturated heterocycles. The van der Waals surface area contributed by atoms with Gasteiger partial charge in [-0.1, -0.05) is 42.5 Å². The van der Waals surface area contributed by atoms with E-state index in [2.05, 4.69) is 30.3 Å². The van der Waals surface area contributed by atoms with Crippen LogP contribution in [-0.2, 0) is 0 Å². The number of rotatable bonds is 5. The molecular formula is C23H24FN. The van der Waals surface area contributed by atoms with Crippen LogP contribution in [-0.4, -0.2) is 0 Å². The number of nitrogens with zero attached hydrogens (tertiary/aromatic N) is 1. The number of hydrogen-bond acceptors (Lipinski definition) is 1. The molecule has 1 fully saturated rings. The van der Waals surface area contributed by atoms with Gasteiger partial charge in [0.25, 0.3) is 0 Å². The van der Waals surface area contributed by atoms with Crippen molar-refractivity contribution in [3.63, 3.8) is 0 Å². The summed E-state index contributed by atoms with van der Waals surface area (Å²) in [6.45, 7) is 0. The van der Waals surface area contributed by atoms with Gasteiger partial charge >= 0.3 is 0 Å². The molecule has 0 radical (unpaired) electrons. The van der Waals surface area contributed by atoms with Crippen LogP contribution in [0.1, 0.15) is 55.6 Å². The first-order valence-corrected chi connectivity index (χ1v) is 9.16. The Morgan fingerprint density at radius 2 is 1.52 bits per heavy atom. The smallest absolute Gasteiger partial charge is 0.0991 e. The van der Waals surface area contributed by atoms with E-state index in [9.17, 15) is 4.39 Å². The molecule has 25 heavy (non-hydrogen) atoms. The average molecular weight is 333 g/mol. The summed E-state index contributed by atoms with van der Waals surface area (Å²) in [5, 5.41) is 8.89. The molecule has 2 aromatic carbocycles. The topological polar surface area (TPSA) is 23.8 Å². The third kappa shape index (κ3) is 4.57. The molecule has 3 rings (SSSR count). The quantitative estimate of drug-likeness (QED) is 0.593. The van der Waals surface area contributed by atoms with E-state index in [1.807, 2.05) is 24.3 Å². The lowest BCUT2D eigenvalue weighted by Crippen LogP contribution is -2.13. The van der Waals surface area contributed by atoms with E-state index in [-0.39, 0.29) is 0 Å². The van der Waals surface area contributed by atoms with Crippen molar-refractivity contribution in [2.75, 3.05) is 0 Å². The molecular weight excluding hydrogens is 309 g/mol. The molecule has 0 atom stereocenters. The maximum atomic E-state index is 12.0. The molecule has 0 unspecified atom stereocenters. The molecule has 0 aliphatic heterocycles. The molecule has 2 heteroatoms. The summed E-state index contributed by atoms with van der Waals surface area (Å²) in [5.41, 5.74) is 4.47. The zero-order valence-electron chi connectivity index (χ0n) is 14.5. The molecule has 128 valence electrons. The first kappa shape index (κ1) is 17.4. The van der Waals surface area contributed by atoms with E-state index in [4.69, 9.17) is 5.26 Å². The van der Waals surface area contributed by atoms with Crippen molar-refractivity contribution >= 4 is 0 Å². The van der Waals surface area contributed by atoms with Gasteiger partial charge in [0, 0.05) is 0 Å². The van der Waals surface area contributed by atoms with E-state index >= 15 is 0 Å². The van der Waals surface area contributed by atoms with Gasteiger partial charge in [0.05, 0.1) is 18.0 Å². The van der Waals surface area contributed by atoms with Crippen LogP contribution >= 0.6 is 0 Å². The molecule has 0 N–H and O–H groups in total. The van der Waals surface area contributed by atoms with Crippen LogP contribution in [0, 0.1) is 17.2 Å². The highest BCUT2D eigenvalue weighted by Crippen LogP contribution is 2.38. The van der Waals surface area contributed by atoms with Crippen LogP contribution < -0.4 is 0 Å². The van der Waals surface area contributed by atoms with Gasteiger partial charge in [0.2, 0.25) is 0 Å². The number of hydrogen-bond donors (Lipinski definition) is 0. The Bertz CT molecular complexity index is 729. The third-order valence-corrected chi connectivity index (χ3v) is 5.41. The number of halogens is 1. The highest BCUT2D eigenvalue weighted by molar-refractivity contribution is 5.64. The molecule has 0 spiro atoms. The average Bonchev–Trinajstić information content (AvgIpc) is 2.69. The SMILES string of the molecule is N#Cc1ccc(-c2ccc(C3CCC(CCC=CF)CC3)cc2)cc1. The van der Waals surface area contributed by atoms with Gasteiger partial charge < -0.3 is 0 Å². The molecule has 1 saturated carbocycles. The molecule has 2 aromatic rings. The zero-order valence-corrected chi connectivity index (χ0v) is 14.5. The molecule has 0 heterocycles. The zero-order chi connectivity index (χ0) is 17.5. The maximum Gasteiger partial charge on any atom is 0.0991 e. The second-order valence-electron chi connectivity index (χ2n) is 6.97. The van der Waals surface area contributed by atoms with Gasteiger partial charge in [-0.25, -0.2) is 4.39 Å². The number of allylic oxidation sites excluding steroid dienone is 1. The predicted molar refractivity (Wildman–Crippen MR) is 101 cm³/mol. The Labute approximate surface area is 149 Å². The van der Waals surface area contributed by atoms with Crippen LogP contribution in [0.4, 0.5) is 4.39 Å². The lowest BCUT2D eigenvalue weighted by atomic mass is 9.77. The van der Waals surface area contributed by atoms with Gasteiger partial charge in [-0.3, -0.25) is 0 Å². The molecule has 1 aliphatic carbocycles. The lowest BCUT2D eigenvalue weighted by molar-refractivity contribution is 0.311. The van der Waals surface area contributed by atoms with Crippen LogP contribution in [0.3, 0.4) is 0 Å².